The number of anilines is 2. The van der Waals surface area contributed by atoms with Gasteiger partial charge in [-0.2, -0.15) is 0 Å². The van der Waals surface area contributed by atoms with Gasteiger partial charge in [0.1, 0.15) is 17.3 Å². The highest BCUT2D eigenvalue weighted by Gasteiger charge is 2.41. The quantitative estimate of drug-likeness (QED) is 0.537. The van der Waals surface area contributed by atoms with Crippen LogP contribution in [-0.4, -0.2) is 18.9 Å². The van der Waals surface area contributed by atoms with E-state index >= 15 is 0 Å². The van der Waals surface area contributed by atoms with Crippen molar-refractivity contribution in [1.82, 2.24) is 0 Å². The molecule has 0 spiro atoms. The molecule has 1 heterocycles. The van der Waals surface area contributed by atoms with Crippen LogP contribution in [0.2, 0.25) is 0 Å². The summed E-state index contributed by atoms with van der Waals surface area (Å²) in [6, 6.07) is 19.7. The Labute approximate surface area is 180 Å². The summed E-state index contributed by atoms with van der Waals surface area (Å²) in [7, 11) is 1.54. The number of nitrogens with one attached hydrogen (secondary N) is 1. The Hall–Kier alpha value is -3.45. The van der Waals surface area contributed by atoms with Crippen molar-refractivity contribution in [2.45, 2.75) is 0 Å². The zero-order valence-electron chi connectivity index (χ0n) is 15.9. The van der Waals surface area contributed by atoms with Crippen molar-refractivity contribution in [3.63, 3.8) is 0 Å². The first-order chi connectivity index (χ1) is 14.5. The van der Waals surface area contributed by atoms with Gasteiger partial charge in [0, 0.05) is 10.2 Å². The maximum Gasteiger partial charge on any atom is 0.282 e. The molecule has 150 valence electrons. The molecule has 3 aromatic carbocycles. The number of halogens is 2. The maximum atomic E-state index is 14.4. The number of nitrogens with zero attached hydrogens (tertiary/aromatic N) is 1. The molecule has 0 bridgehead atoms. The molecule has 0 fully saturated rings. The number of benzene rings is 3. The van der Waals surface area contributed by atoms with Crippen LogP contribution in [0.4, 0.5) is 15.8 Å². The van der Waals surface area contributed by atoms with E-state index in [1.807, 2.05) is 6.07 Å². The van der Waals surface area contributed by atoms with Crippen LogP contribution in [0.5, 0.6) is 5.75 Å². The summed E-state index contributed by atoms with van der Waals surface area (Å²) < 4.78 is 20.4. The molecule has 7 heteroatoms. The van der Waals surface area contributed by atoms with Gasteiger partial charge in [0.25, 0.3) is 11.8 Å². The highest BCUT2D eigenvalue weighted by atomic mass is 79.9. The lowest BCUT2D eigenvalue weighted by Gasteiger charge is -2.16. The van der Waals surface area contributed by atoms with Gasteiger partial charge in [0.05, 0.1) is 18.4 Å². The van der Waals surface area contributed by atoms with Crippen molar-refractivity contribution in [2.75, 3.05) is 17.3 Å². The zero-order valence-corrected chi connectivity index (χ0v) is 17.4. The van der Waals surface area contributed by atoms with Gasteiger partial charge in [-0.25, -0.2) is 9.29 Å². The third-order valence-electron chi connectivity index (χ3n) is 4.65. The molecule has 0 radical (unpaired) electrons. The number of hydrogen-bond donors (Lipinski definition) is 1. The van der Waals surface area contributed by atoms with E-state index in [1.54, 1.807) is 55.6 Å². The topological polar surface area (TPSA) is 58.6 Å². The average Bonchev–Trinajstić information content (AvgIpc) is 2.98. The van der Waals surface area contributed by atoms with Crippen LogP contribution in [0.1, 0.15) is 5.56 Å². The molecule has 0 unspecified atom stereocenters. The van der Waals surface area contributed by atoms with Crippen molar-refractivity contribution in [3.8, 4) is 5.75 Å². The van der Waals surface area contributed by atoms with E-state index in [2.05, 4.69) is 21.2 Å². The van der Waals surface area contributed by atoms with Crippen LogP contribution in [0.25, 0.3) is 5.57 Å². The number of carbonyl (C=O) groups is 2. The van der Waals surface area contributed by atoms with Crippen molar-refractivity contribution < 1.29 is 18.7 Å². The van der Waals surface area contributed by atoms with Gasteiger partial charge in [-0.15, -0.1) is 0 Å². The van der Waals surface area contributed by atoms with Crippen molar-refractivity contribution in [1.29, 1.82) is 0 Å². The highest BCUT2D eigenvalue weighted by molar-refractivity contribution is 9.10. The van der Waals surface area contributed by atoms with Crippen LogP contribution in [-0.2, 0) is 9.59 Å². The fourth-order valence-corrected chi connectivity index (χ4v) is 3.63. The Morgan fingerprint density at radius 1 is 0.933 bits per heavy atom. The van der Waals surface area contributed by atoms with Gasteiger partial charge in [-0.1, -0.05) is 46.3 Å². The molecule has 0 atom stereocenters. The lowest BCUT2D eigenvalue weighted by Crippen LogP contribution is -2.33. The monoisotopic (exact) mass is 466 g/mol. The van der Waals surface area contributed by atoms with E-state index in [-0.39, 0.29) is 17.0 Å². The maximum absolute atomic E-state index is 14.4. The number of para-hydroxylation sites is 1. The first-order valence-corrected chi connectivity index (χ1v) is 9.83. The molecule has 0 aliphatic carbocycles. The second kappa shape index (κ2) is 8.12. The number of imide groups is 1. The third-order valence-corrected chi connectivity index (χ3v) is 5.14. The van der Waals surface area contributed by atoms with E-state index in [0.29, 0.717) is 17.0 Å². The number of amides is 2. The van der Waals surface area contributed by atoms with Crippen LogP contribution >= 0.6 is 15.9 Å². The molecule has 2 amide bonds. The number of hydrogen-bond acceptors (Lipinski definition) is 4. The van der Waals surface area contributed by atoms with Gasteiger partial charge in [0.15, 0.2) is 0 Å². The second-order valence-corrected chi connectivity index (χ2v) is 7.43. The Morgan fingerprint density at radius 2 is 1.67 bits per heavy atom. The number of rotatable bonds is 5. The summed E-state index contributed by atoms with van der Waals surface area (Å²) in [5, 5.41) is 3.04. The summed E-state index contributed by atoms with van der Waals surface area (Å²) in [5.74, 6) is -1.27. The first-order valence-electron chi connectivity index (χ1n) is 9.04. The largest absolute Gasteiger partial charge is 0.497 e. The Balaban J connectivity index is 1.84. The van der Waals surface area contributed by atoms with Gasteiger partial charge >= 0.3 is 0 Å². The number of methoxy groups -OCH3 is 1. The fourth-order valence-electron chi connectivity index (χ4n) is 3.23. The van der Waals surface area contributed by atoms with E-state index in [1.165, 1.54) is 18.2 Å². The summed E-state index contributed by atoms with van der Waals surface area (Å²) in [4.78, 5) is 27.4. The SMILES string of the molecule is COc1ccc(C2=C(Nc3cccc(Br)c3)C(=O)N(c3ccccc3F)C2=O)cc1. The number of carbonyl (C=O) groups excluding carboxylic acids is 2. The molecule has 3 aromatic rings. The lowest BCUT2D eigenvalue weighted by atomic mass is 10.0. The third kappa shape index (κ3) is 3.59. The summed E-state index contributed by atoms with van der Waals surface area (Å²) in [5.41, 5.74) is 1.27. The predicted octanol–water partition coefficient (Wildman–Crippen LogP) is 4.99. The van der Waals surface area contributed by atoms with Crippen molar-refractivity contribution >= 4 is 44.7 Å². The molecule has 30 heavy (non-hydrogen) atoms. The fraction of sp³-hybridized carbons (Fsp3) is 0.0435. The van der Waals surface area contributed by atoms with Gasteiger partial charge in [0.2, 0.25) is 0 Å². The van der Waals surface area contributed by atoms with Crippen molar-refractivity contribution in [2.24, 2.45) is 0 Å². The molecule has 0 saturated carbocycles. The highest BCUT2D eigenvalue weighted by Crippen LogP contribution is 2.35. The Kier molecular flexibility index (Phi) is 5.37. The van der Waals surface area contributed by atoms with Gasteiger partial charge in [-0.05, 0) is 48.0 Å². The number of ether oxygens (including phenoxy) is 1. The predicted molar refractivity (Wildman–Crippen MR) is 117 cm³/mol. The minimum absolute atomic E-state index is 0.0755. The van der Waals surface area contributed by atoms with Gasteiger partial charge < -0.3 is 10.1 Å². The molecule has 1 aliphatic heterocycles. The van der Waals surface area contributed by atoms with Crippen LogP contribution < -0.4 is 15.0 Å². The molecule has 0 saturated heterocycles. The molecule has 5 nitrogen and oxygen atoms in total. The summed E-state index contributed by atoms with van der Waals surface area (Å²) in [6.07, 6.45) is 0. The molecular weight excluding hydrogens is 451 g/mol. The van der Waals surface area contributed by atoms with E-state index in [9.17, 15) is 14.0 Å². The molecule has 1 aliphatic rings. The summed E-state index contributed by atoms with van der Waals surface area (Å²) >= 11 is 3.39. The van der Waals surface area contributed by atoms with Crippen LogP contribution in [0.3, 0.4) is 0 Å². The summed E-state index contributed by atoms with van der Waals surface area (Å²) in [6.45, 7) is 0. The normalized spacial score (nSPS) is 13.8. The molecule has 0 aromatic heterocycles. The second-order valence-electron chi connectivity index (χ2n) is 6.51. The Bertz CT molecular complexity index is 1180. The average molecular weight is 467 g/mol. The van der Waals surface area contributed by atoms with Crippen LogP contribution in [0.15, 0.2) is 83.0 Å². The minimum Gasteiger partial charge on any atom is -0.497 e. The smallest absolute Gasteiger partial charge is 0.282 e. The molecule has 1 N–H and O–H groups in total. The van der Waals surface area contributed by atoms with E-state index < -0.39 is 17.6 Å². The first kappa shape index (κ1) is 19.8. The van der Waals surface area contributed by atoms with Crippen molar-refractivity contribution in [3.05, 3.63) is 94.3 Å². The standard InChI is InChI=1S/C23H16BrFN2O3/c1-30-17-11-9-14(10-12-17)20-21(26-16-6-4-5-15(24)13-16)23(29)27(22(20)28)19-8-3-2-7-18(19)25/h2-13,26H,1H3. The van der Waals surface area contributed by atoms with Gasteiger partial charge in [-0.3, -0.25) is 9.59 Å². The lowest BCUT2D eigenvalue weighted by molar-refractivity contribution is -0.120. The van der Waals surface area contributed by atoms with Crippen LogP contribution in [0, 0.1) is 5.82 Å². The van der Waals surface area contributed by atoms with E-state index in [0.717, 1.165) is 9.37 Å². The minimum atomic E-state index is -0.656. The van der Waals surface area contributed by atoms with E-state index in [4.69, 9.17) is 4.74 Å². The Morgan fingerprint density at radius 3 is 2.33 bits per heavy atom. The molecular formula is C23H16BrFN2O3. The molecule has 4 rings (SSSR count). The zero-order chi connectivity index (χ0) is 21.3.